The van der Waals surface area contributed by atoms with Gasteiger partial charge in [-0.15, -0.1) is 0 Å². The molecule has 0 radical (unpaired) electrons. The van der Waals surface area contributed by atoms with E-state index >= 15 is 0 Å². The maximum absolute atomic E-state index is 5.53. The highest BCUT2D eigenvalue weighted by molar-refractivity contribution is 5.53. The van der Waals surface area contributed by atoms with Crippen LogP contribution >= 0.6 is 0 Å². The fourth-order valence-corrected chi connectivity index (χ4v) is 1.47. The molecule has 0 aromatic rings. The SMILES string of the molecule is NN1C=N[NH+](CC[NH+]2CN(N)C=N2)C1.[Br-].[Br-]. The molecule has 0 amide bonds. The number of quaternary nitrogens is 2. The molecule has 6 N–H and O–H groups in total. The van der Waals surface area contributed by atoms with Gasteiger partial charge in [0.1, 0.15) is 0 Å². The van der Waals surface area contributed by atoms with Gasteiger partial charge in [-0.2, -0.15) is 10.0 Å². The second kappa shape index (κ2) is 7.14. The van der Waals surface area contributed by atoms with Crippen molar-refractivity contribution in [3.8, 4) is 0 Å². The fourth-order valence-electron chi connectivity index (χ4n) is 1.47. The van der Waals surface area contributed by atoms with Crippen LogP contribution in [0.3, 0.4) is 0 Å². The molecular weight excluding hydrogens is 344 g/mol. The van der Waals surface area contributed by atoms with Crippen molar-refractivity contribution in [1.82, 2.24) is 10.0 Å². The van der Waals surface area contributed by atoms with E-state index in [1.165, 1.54) is 0 Å². The number of halogens is 2. The van der Waals surface area contributed by atoms with Crippen LogP contribution in [-0.4, -0.2) is 49.1 Å². The number of nitrogens with zero attached hydrogens (tertiary/aromatic N) is 4. The van der Waals surface area contributed by atoms with Gasteiger partial charge in [-0.25, -0.2) is 21.7 Å². The monoisotopic (exact) mass is 358 g/mol. The first-order valence-corrected chi connectivity index (χ1v) is 4.54. The minimum absolute atomic E-state index is 0. The van der Waals surface area contributed by atoms with E-state index in [-0.39, 0.29) is 34.0 Å². The van der Waals surface area contributed by atoms with E-state index in [2.05, 4.69) is 10.2 Å². The normalized spacial score (nSPS) is 26.9. The van der Waals surface area contributed by atoms with Gasteiger partial charge in [0, 0.05) is 0 Å². The first-order valence-electron chi connectivity index (χ1n) is 4.54. The Morgan fingerprint density at radius 1 is 0.938 bits per heavy atom. The number of nitrogens with two attached hydrogens (primary N) is 2. The van der Waals surface area contributed by atoms with Gasteiger partial charge in [0.15, 0.2) is 39.1 Å². The van der Waals surface area contributed by atoms with Crippen LogP contribution in [0.1, 0.15) is 0 Å². The Hall–Kier alpha value is -0.260. The van der Waals surface area contributed by atoms with E-state index in [1.54, 1.807) is 22.7 Å². The molecule has 2 unspecified atom stereocenters. The Morgan fingerprint density at radius 3 is 1.56 bits per heavy atom. The summed E-state index contributed by atoms with van der Waals surface area (Å²) in [6, 6.07) is 0. The predicted molar refractivity (Wildman–Crippen MR) is 50.4 cm³/mol. The minimum atomic E-state index is 0. The summed E-state index contributed by atoms with van der Waals surface area (Å²) in [5.41, 5.74) is 0. The molecule has 10 heteroatoms. The minimum Gasteiger partial charge on any atom is -1.00 e. The van der Waals surface area contributed by atoms with Crippen molar-refractivity contribution in [2.45, 2.75) is 0 Å². The van der Waals surface area contributed by atoms with Gasteiger partial charge in [-0.05, 0) is 0 Å². The largest absolute Gasteiger partial charge is 1.00 e. The molecule has 0 fully saturated rings. The average Bonchev–Trinajstić information content (AvgIpc) is 2.72. The molecule has 0 saturated carbocycles. The maximum atomic E-state index is 5.53. The van der Waals surface area contributed by atoms with Gasteiger partial charge in [0.05, 0.1) is 0 Å². The van der Waals surface area contributed by atoms with Crippen LogP contribution in [0.25, 0.3) is 0 Å². The second-order valence-electron chi connectivity index (χ2n) is 3.47. The van der Waals surface area contributed by atoms with Crippen LogP contribution in [0, 0.1) is 0 Å². The quantitative estimate of drug-likeness (QED) is 0.377. The van der Waals surface area contributed by atoms with Gasteiger partial charge in [-0.1, -0.05) is 10.2 Å². The van der Waals surface area contributed by atoms with Crippen LogP contribution in [0.4, 0.5) is 0 Å². The number of nitrogens with one attached hydrogen (secondary N) is 2. The lowest BCUT2D eigenvalue weighted by molar-refractivity contribution is -0.965. The molecular formula is C6H16Br2N8. The molecule has 0 aromatic heterocycles. The lowest BCUT2D eigenvalue weighted by Gasteiger charge is -2.12. The molecule has 0 aromatic carbocycles. The van der Waals surface area contributed by atoms with Crippen molar-refractivity contribution in [2.75, 3.05) is 26.4 Å². The van der Waals surface area contributed by atoms with E-state index in [1.807, 2.05) is 0 Å². The highest BCUT2D eigenvalue weighted by Crippen LogP contribution is 1.71. The number of hydrogen-bond donors (Lipinski definition) is 4. The van der Waals surface area contributed by atoms with Crippen molar-refractivity contribution in [1.29, 1.82) is 0 Å². The molecule has 2 atom stereocenters. The molecule has 2 heterocycles. The first kappa shape index (κ1) is 15.7. The zero-order valence-corrected chi connectivity index (χ0v) is 11.9. The van der Waals surface area contributed by atoms with Crippen molar-refractivity contribution in [3.05, 3.63) is 0 Å². The van der Waals surface area contributed by atoms with Gasteiger partial charge in [0.2, 0.25) is 0 Å². The third kappa shape index (κ3) is 4.31. The molecule has 94 valence electrons. The van der Waals surface area contributed by atoms with E-state index in [0.29, 0.717) is 0 Å². The van der Waals surface area contributed by atoms with Crippen LogP contribution in [-0.2, 0) is 0 Å². The molecule has 2 aliphatic rings. The van der Waals surface area contributed by atoms with E-state index in [9.17, 15) is 0 Å². The smallest absolute Gasteiger partial charge is 0.192 e. The molecule has 2 rings (SSSR count). The summed E-state index contributed by atoms with van der Waals surface area (Å²) in [6.45, 7) is 3.27. The molecule has 2 aliphatic heterocycles. The standard InChI is InChI=1S/C6H14N8.2BrH/c7-11-3-9-13(5-11)1-2-14-6-12(8)4-10-14;;/h3-4H,1-2,5-8H2;2*1H. The summed E-state index contributed by atoms with van der Waals surface area (Å²) in [4.78, 5) is 0. The van der Waals surface area contributed by atoms with Crippen molar-refractivity contribution in [2.24, 2.45) is 21.9 Å². The number of hydrogen-bond acceptors (Lipinski definition) is 6. The number of rotatable bonds is 3. The summed E-state index contributed by atoms with van der Waals surface area (Å²) in [5, 5.41) is 13.7. The van der Waals surface area contributed by atoms with Gasteiger partial charge in [0.25, 0.3) is 0 Å². The van der Waals surface area contributed by atoms with Crippen LogP contribution in [0.15, 0.2) is 10.2 Å². The highest BCUT2D eigenvalue weighted by Gasteiger charge is 2.21. The molecule has 0 spiro atoms. The summed E-state index contributed by atoms with van der Waals surface area (Å²) >= 11 is 0. The maximum Gasteiger partial charge on any atom is 0.192 e. The van der Waals surface area contributed by atoms with E-state index in [4.69, 9.17) is 11.7 Å². The summed E-state index contributed by atoms with van der Waals surface area (Å²) in [7, 11) is 0. The summed E-state index contributed by atoms with van der Waals surface area (Å²) < 4.78 is 0. The molecule has 16 heavy (non-hydrogen) atoms. The van der Waals surface area contributed by atoms with Crippen molar-refractivity contribution >= 4 is 12.7 Å². The predicted octanol–water partition coefficient (Wildman–Crippen LogP) is -11.1. The Kier molecular flexibility index (Phi) is 7.03. The Labute approximate surface area is 115 Å². The topological polar surface area (TPSA) is 92.1 Å². The first-order chi connectivity index (χ1) is 6.74. The second-order valence-corrected chi connectivity index (χ2v) is 3.47. The summed E-state index contributed by atoms with van der Waals surface area (Å²) in [5.74, 6) is 11.1. The fraction of sp³-hybridized carbons (Fsp3) is 0.667. The van der Waals surface area contributed by atoms with Crippen molar-refractivity contribution in [3.63, 3.8) is 0 Å². The van der Waals surface area contributed by atoms with E-state index < -0.39 is 0 Å². The van der Waals surface area contributed by atoms with Gasteiger partial charge >= 0.3 is 0 Å². The molecule has 0 saturated heterocycles. The third-order valence-corrected chi connectivity index (χ3v) is 2.21. The number of hydrazine groups is 2. The average molecular weight is 360 g/mol. The lowest BCUT2D eigenvalue weighted by Crippen LogP contribution is -3.16. The molecule has 8 nitrogen and oxygen atoms in total. The third-order valence-electron chi connectivity index (χ3n) is 2.21. The lowest BCUT2D eigenvalue weighted by atomic mass is 10.6. The Bertz CT molecular complexity index is 233. The van der Waals surface area contributed by atoms with Crippen molar-refractivity contribution < 1.29 is 44.0 Å². The zero-order chi connectivity index (χ0) is 9.97. The summed E-state index contributed by atoms with van der Waals surface area (Å²) in [6.07, 6.45) is 3.29. The highest BCUT2D eigenvalue weighted by atomic mass is 79.9. The van der Waals surface area contributed by atoms with E-state index in [0.717, 1.165) is 36.4 Å². The molecule has 0 bridgehead atoms. The Balaban J connectivity index is 0.00000112. The Morgan fingerprint density at radius 2 is 1.31 bits per heavy atom. The molecule has 0 aliphatic carbocycles. The van der Waals surface area contributed by atoms with Gasteiger partial charge in [-0.3, -0.25) is 0 Å². The van der Waals surface area contributed by atoms with Gasteiger partial charge < -0.3 is 34.0 Å². The van der Waals surface area contributed by atoms with Crippen LogP contribution in [0.5, 0.6) is 0 Å². The van der Waals surface area contributed by atoms with Crippen LogP contribution in [0.2, 0.25) is 0 Å². The zero-order valence-electron chi connectivity index (χ0n) is 8.68. The van der Waals surface area contributed by atoms with Crippen LogP contribution < -0.4 is 55.7 Å².